The number of carboxylic acid groups (broad SMARTS) is 1. The summed E-state index contributed by atoms with van der Waals surface area (Å²) in [4.78, 5) is 13.6. The maximum Gasteiger partial charge on any atom is 0.337 e. The average molecular weight is 311 g/mol. The van der Waals surface area contributed by atoms with Gasteiger partial charge in [-0.2, -0.15) is 0 Å². The van der Waals surface area contributed by atoms with Crippen molar-refractivity contribution in [1.29, 1.82) is 0 Å². The average Bonchev–Trinajstić information content (AvgIpc) is 2.47. The number of rotatable bonds is 4. The van der Waals surface area contributed by atoms with Crippen molar-refractivity contribution in [3.8, 4) is 0 Å². The molecule has 1 aliphatic rings. The lowest BCUT2D eigenvalue weighted by molar-refractivity contribution is 0.0697. The fraction of sp³-hybridized carbons (Fsp3) is 0.562. The summed E-state index contributed by atoms with van der Waals surface area (Å²) in [6, 6.07) is 3.12. The van der Waals surface area contributed by atoms with Crippen LogP contribution < -0.4 is 10.6 Å². The van der Waals surface area contributed by atoms with Crippen LogP contribution in [0.25, 0.3) is 0 Å². The molecule has 0 spiro atoms. The number of benzene rings is 1. The van der Waals surface area contributed by atoms with Gasteiger partial charge in [-0.05, 0) is 30.4 Å². The molecule has 116 valence electrons. The number of halogens is 1. The first kappa shape index (κ1) is 16.0. The fourth-order valence-corrected chi connectivity index (χ4v) is 3.61. The standard InChI is InChI=1S/C16H23ClN2O2/c1-3-16(4-2)5-7-19(8-6-16)14-12(15(20)21)9-11(18)10-13(14)17/h9-10H,3-8,18H2,1-2H3,(H,20,21). The Morgan fingerprint density at radius 3 is 2.38 bits per heavy atom. The number of carboxylic acids is 1. The number of hydrogen-bond acceptors (Lipinski definition) is 3. The van der Waals surface area contributed by atoms with E-state index in [0.717, 1.165) is 25.9 Å². The molecule has 5 heteroatoms. The van der Waals surface area contributed by atoms with Gasteiger partial charge in [-0.15, -0.1) is 0 Å². The number of nitrogen functional groups attached to an aromatic ring is 1. The highest BCUT2D eigenvalue weighted by Crippen LogP contribution is 2.41. The molecule has 21 heavy (non-hydrogen) atoms. The number of carbonyl (C=O) groups is 1. The third-order valence-corrected chi connectivity index (χ3v) is 5.24. The summed E-state index contributed by atoms with van der Waals surface area (Å²) in [5.41, 5.74) is 7.29. The zero-order valence-electron chi connectivity index (χ0n) is 12.7. The molecule has 0 aliphatic carbocycles. The Bertz CT molecular complexity index is 531. The SMILES string of the molecule is CCC1(CC)CCN(c2c(Cl)cc(N)cc2C(=O)O)CC1. The second kappa shape index (κ2) is 6.14. The van der Waals surface area contributed by atoms with Crippen LogP contribution in [0.3, 0.4) is 0 Å². The van der Waals surface area contributed by atoms with Gasteiger partial charge in [0.2, 0.25) is 0 Å². The van der Waals surface area contributed by atoms with Crippen molar-refractivity contribution in [1.82, 2.24) is 0 Å². The van der Waals surface area contributed by atoms with Crippen LogP contribution in [-0.4, -0.2) is 24.2 Å². The minimum Gasteiger partial charge on any atom is -0.478 e. The second-order valence-electron chi connectivity index (χ2n) is 5.90. The van der Waals surface area contributed by atoms with Gasteiger partial charge in [-0.25, -0.2) is 4.79 Å². The number of nitrogens with two attached hydrogens (primary N) is 1. The molecular formula is C16H23ClN2O2. The van der Waals surface area contributed by atoms with E-state index >= 15 is 0 Å². The monoisotopic (exact) mass is 310 g/mol. The summed E-state index contributed by atoms with van der Waals surface area (Å²) in [7, 11) is 0. The van der Waals surface area contributed by atoms with Gasteiger partial charge in [-0.1, -0.05) is 38.3 Å². The lowest BCUT2D eigenvalue weighted by Crippen LogP contribution is -2.40. The van der Waals surface area contributed by atoms with Gasteiger partial charge >= 0.3 is 5.97 Å². The molecule has 2 rings (SSSR count). The third kappa shape index (κ3) is 3.10. The van der Waals surface area contributed by atoms with Crippen LogP contribution in [0.5, 0.6) is 0 Å². The Kier molecular flexibility index (Phi) is 4.67. The molecule has 0 saturated carbocycles. The van der Waals surface area contributed by atoms with Crippen LogP contribution in [0.15, 0.2) is 12.1 Å². The van der Waals surface area contributed by atoms with Crippen molar-refractivity contribution in [2.24, 2.45) is 5.41 Å². The largest absolute Gasteiger partial charge is 0.478 e. The number of nitrogens with zero attached hydrogens (tertiary/aromatic N) is 1. The van der Waals surface area contributed by atoms with Gasteiger partial charge in [0, 0.05) is 18.8 Å². The van der Waals surface area contributed by atoms with E-state index in [0.29, 0.717) is 21.8 Å². The molecule has 1 fully saturated rings. The maximum atomic E-state index is 11.5. The topological polar surface area (TPSA) is 66.6 Å². The Morgan fingerprint density at radius 2 is 1.90 bits per heavy atom. The molecular weight excluding hydrogens is 288 g/mol. The smallest absolute Gasteiger partial charge is 0.337 e. The summed E-state index contributed by atoms with van der Waals surface area (Å²) < 4.78 is 0. The molecule has 1 aromatic rings. The molecule has 0 aromatic heterocycles. The van der Waals surface area contributed by atoms with Crippen LogP contribution >= 0.6 is 11.6 Å². The molecule has 1 aliphatic heterocycles. The van der Waals surface area contributed by atoms with Crippen molar-refractivity contribution in [2.75, 3.05) is 23.7 Å². The molecule has 0 radical (unpaired) electrons. The van der Waals surface area contributed by atoms with Crippen molar-refractivity contribution in [2.45, 2.75) is 39.5 Å². The first-order chi connectivity index (χ1) is 9.92. The summed E-state index contributed by atoms with van der Waals surface area (Å²) in [5, 5.41) is 9.82. The number of aromatic carboxylic acids is 1. The number of piperidine rings is 1. The van der Waals surface area contributed by atoms with Gasteiger partial charge in [-0.3, -0.25) is 0 Å². The van der Waals surface area contributed by atoms with Crippen LogP contribution in [0.2, 0.25) is 5.02 Å². The van der Waals surface area contributed by atoms with E-state index in [1.165, 1.54) is 18.9 Å². The molecule has 0 unspecified atom stereocenters. The number of anilines is 2. The molecule has 4 nitrogen and oxygen atoms in total. The maximum absolute atomic E-state index is 11.5. The van der Waals surface area contributed by atoms with Gasteiger partial charge < -0.3 is 15.7 Å². The minimum absolute atomic E-state index is 0.195. The third-order valence-electron chi connectivity index (χ3n) is 4.96. The fourth-order valence-electron chi connectivity index (χ4n) is 3.27. The van der Waals surface area contributed by atoms with Crippen molar-refractivity contribution < 1.29 is 9.90 Å². The second-order valence-corrected chi connectivity index (χ2v) is 6.31. The molecule has 0 amide bonds. The predicted octanol–water partition coefficient (Wildman–Crippen LogP) is 4.03. The van der Waals surface area contributed by atoms with Gasteiger partial charge in [0.1, 0.15) is 0 Å². The first-order valence-corrected chi connectivity index (χ1v) is 7.87. The Morgan fingerprint density at radius 1 is 1.33 bits per heavy atom. The van der Waals surface area contributed by atoms with E-state index in [4.69, 9.17) is 17.3 Å². The highest BCUT2D eigenvalue weighted by molar-refractivity contribution is 6.34. The van der Waals surface area contributed by atoms with Crippen molar-refractivity contribution in [3.63, 3.8) is 0 Å². The highest BCUT2D eigenvalue weighted by atomic mass is 35.5. The molecule has 1 heterocycles. The van der Waals surface area contributed by atoms with Crippen LogP contribution in [0.1, 0.15) is 49.9 Å². The Hall–Kier alpha value is -1.42. The van der Waals surface area contributed by atoms with E-state index in [1.54, 1.807) is 6.07 Å². The van der Waals surface area contributed by atoms with E-state index < -0.39 is 5.97 Å². The van der Waals surface area contributed by atoms with Crippen LogP contribution in [0, 0.1) is 5.41 Å². The lowest BCUT2D eigenvalue weighted by atomic mass is 9.74. The van der Waals surface area contributed by atoms with Crippen molar-refractivity contribution in [3.05, 3.63) is 22.7 Å². The predicted molar refractivity (Wildman–Crippen MR) is 87.3 cm³/mol. The zero-order chi connectivity index (χ0) is 15.6. The van der Waals surface area contributed by atoms with Gasteiger partial charge in [0.25, 0.3) is 0 Å². The van der Waals surface area contributed by atoms with Crippen LogP contribution in [-0.2, 0) is 0 Å². The van der Waals surface area contributed by atoms with Gasteiger partial charge in [0.15, 0.2) is 0 Å². The normalized spacial score (nSPS) is 17.8. The van der Waals surface area contributed by atoms with E-state index in [-0.39, 0.29) is 5.56 Å². The van der Waals surface area contributed by atoms with E-state index in [1.807, 2.05) is 0 Å². The molecule has 0 bridgehead atoms. The zero-order valence-corrected chi connectivity index (χ0v) is 13.4. The number of hydrogen-bond donors (Lipinski definition) is 2. The van der Waals surface area contributed by atoms with Crippen molar-refractivity contribution >= 4 is 28.9 Å². The summed E-state index contributed by atoms with van der Waals surface area (Å²) in [5.74, 6) is -0.984. The van der Waals surface area contributed by atoms with Gasteiger partial charge in [0.05, 0.1) is 16.3 Å². The Labute approximate surface area is 130 Å². The summed E-state index contributed by atoms with van der Waals surface area (Å²) >= 11 is 6.27. The molecule has 3 N–H and O–H groups in total. The minimum atomic E-state index is -0.984. The summed E-state index contributed by atoms with van der Waals surface area (Å²) in [6.07, 6.45) is 4.47. The quantitative estimate of drug-likeness (QED) is 0.824. The lowest BCUT2D eigenvalue weighted by Gasteiger charge is -2.42. The molecule has 1 aromatic carbocycles. The Balaban J connectivity index is 2.30. The van der Waals surface area contributed by atoms with E-state index in [9.17, 15) is 9.90 Å². The van der Waals surface area contributed by atoms with Crippen LogP contribution in [0.4, 0.5) is 11.4 Å². The highest BCUT2D eigenvalue weighted by Gasteiger charge is 2.33. The van der Waals surface area contributed by atoms with E-state index in [2.05, 4.69) is 18.7 Å². The first-order valence-electron chi connectivity index (χ1n) is 7.49. The molecule has 1 saturated heterocycles. The molecule has 0 atom stereocenters. The summed E-state index contributed by atoms with van der Waals surface area (Å²) in [6.45, 7) is 6.15.